The third-order valence-corrected chi connectivity index (χ3v) is 5.21. The first-order chi connectivity index (χ1) is 12.0. The SMILES string of the molecule is O=C(Cn1nnc(-c2ccc(Cl)cc2)n1)NC1(C(=O)O)CCSCC1. The molecule has 10 heteroatoms. The molecule has 2 heterocycles. The monoisotopic (exact) mass is 381 g/mol. The Kier molecular flexibility index (Phi) is 5.24. The predicted molar refractivity (Wildman–Crippen MR) is 93.3 cm³/mol. The quantitative estimate of drug-likeness (QED) is 0.806. The second kappa shape index (κ2) is 7.40. The molecule has 1 aliphatic heterocycles. The molecule has 1 saturated heterocycles. The number of nitrogens with one attached hydrogen (secondary N) is 1. The van der Waals surface area contributed by atoms with Crippen molar-refractivity contribution in [1.82, 2.24) is 25.5 Å². The number of carboxylic acid groups (broad SMARTS) is 1. The first kappa shape index (κ1) is 17.7. The molecule has 0 bridgehead atoms. The van der Waals surface area contributed by atoms with E-state index >= 15 is 0 Å². The molecule has 2 N–H and O–H groups in total. The molecule has 1 aliphatic rings. The van der Waals surface area contributed by atoms with E-state index in [2.05, 4.69) is 20.7 Å². The lowest BCUT2D eigenvalue weighted by Crippen LogP contribution is -2.57. The number of aromatic nitrogens is 4. The van der Waals surface area contributed by atoms with Crippen LogP contribution in [0.5, 0.6) is 0 Å². The van der Waals surface area contributed by atoms with Gasteiger partial charge in [0.25, 0.3) is 0 Å². The van der Waals surface area contributed by atoms with Gasteiger partial charge >= 0.3 is 5.97 Å². The van der Waals surface area contributed by atoms with Crippen LogP contribution >= 0.6 is 23.4 Å². The third kappa shape index (κ3) is 4.10. The van der Waals surface area contributed by atoms with Crippen molar-refractivity contribution < 1.29 is 14.7 Å². The van der Waals surface area contributed by atoms with Gasteiger partial charge in [0.1, 0.15) is 12.1 Å². The number of hydrogen-bond donors (Lipinski definition) is 2. The Morgan fingerprint density at radius 3 is 2.60 bits per heavy atom. The van der Waals surface area contributed by atoms with Gasteiger partial charge in [0, 0.05) is 10.6 Å². The second-order valence-corrected chi connectivity index (χ2v) is 7.36. The zero-order valence-corrected chi connectivity index (χ0v) is 14.8. The highest BCUT2D eigenvalue weighted by molar-refractivity contribution is 7.99. The summed E-state index contributed by atoms with van der Waals surface area (Å²) < 4.78 is 0. The minimum atomic E-state index is -1.21. The number of tetrazole rings is 1. The van der Waals surface area contributed by atoms with Gasteiger partial charge in [-0.15, -0.1) is 10.2 Å². The van der Waals surface area contributed by atoms with Crippen molar-refractivity contribution >= 4 is 35.2 Å². The summed E-state index contributed by atoms with van der Waals surface area (Å²) in [5.41, 5.74) is -0.482. The van der Waals surface area contributed by atoms with Crippen molar-refractivity contribution in [3.05, 3.63) is 29.3 Å². The topological polar surface area (TPSA) is 110 Å². The minimum absolute atomic E-state index is 0.192. The Balaban J connectivity index is 1.67. The molecule has 3 rings (SSSR count). The molecule has 132 valence electrons. The Hall–Kier alpha value is -2.13. The van der Waals surface area contributed by atoms with Crippen LogP contribution in [0.3, 0.4) is 0 Å². The molecular weight excluding hydrogens is 366 g/mol. The predicted octanol–water partition coefficient (Wildman–Crippen LogP) is 1.46. The Bertz CT molecular complexity index is 774. The van der Waals surface area contributed by atoms with Crippen LogP contribution < -0.4 is 5.32 Å². The van der Waals surface area contributed by atoms with Gasteiger partial charge in [-0.1, -0.05) is 11.6 Å². The lowest BCUT2D eigenvalue weighted by molar-refractivity contribution is -0.148. The summed E-state index contributed by atoms with van der Waals surface area (Å²) in [5.74, 6) is 0.319. The highest BCUT2D eigenvalue weighted by Gasteiger charge is 2.41. The van der Waals surface area contributed by atoms with E-state index in [0.29, 0.717) is 35.2 Å². The maximum absolute atomic E-state index is 12.3. The van der Waals surface area contributed by atoms with E-state index < -0.39 is 17.4 Å². The van der Waals surface area contributed by atoms with Gasteiger partial charge in [-0.05, 0) is 53.8 Å². The number of nitrogens with zero attached hydrogens (tertiary/aromatic N) is 4. The summed E-state index contributed by atoms with van der Waals surface area (Å²) in [4.78, 5) is 25.0. The van der Waals surface area contributed by atoms with Crippen LogP contribution in [0, 0.1) is 0 Å². The lowest BCUT2D eigenvalue weighted by Gasteiger charge is -2.33. The van der Waals surface area contributed by atoms with Crippen LogP contribution in [-0.2, 0) is 16.1 Å². The number of rotatable bonds is 5. The van der Waals surface area contributed by atoms with Crippen molar-refractivity contribution in [2.75, 3.05) is 11.5 Å². The molecule has 2 aromatic rings. The molecule has 1 aromatic heterocycles. The summed E-state index contributed by atoms with van der Waals surface area (Å²) in [6.45, 7) is -0.192. The second-order valence-electron chi connectivity index (χ2n) is 5.70. The standard InChI is InChI=1S/C15H16ClN5O3S/c16-11-3-1-10(2-4-11)13-18-20-21(19-13)9-12(22)17-15(14(23)24)5-7-25-8-6-15/h1-4H,5-9H2,(H,17,22)(H,23,24). The van der Waals surface area contributed by atoms with Gasteiger partial charge < -0.3 is 10.4 Å². The molecule has 1 fully saturated rings. The molecule has 0 radical (unpaired) electrons. The average Bonchev–Trinajstić information content (AvgIpc) is 3.04. The molecule has 8 nitrogen and oxygen atoms in total. The zero-order valence-electron chi connectivity index (χ0n) is 13.2. The molecular formula is C15H16ClN5O3S. The minimum Gasteiger partial charge on any atom is -0.480 e. The number of carbonyl (C=O) groups excluding carboxylic acids is 1. The average molecular weight is 382 g/mol. The number of hydrogen-bond acceptors (Lipinski definition) is 6. The summed E-state index contributed by atoms with van der Waals surface area (Å²) >= 11 is 7.52. The summed E-state index contributed by atoms with van der Waals surface area (Å²) in [6.07, 6.45) is 0.805. The van der Waals surface area contributed by atoms with E-state index in [-0.39, 0.29) is 6.54 Å². The van der Waals surface area contributed by atoms with Crippen molar-refractivity contribution in [3.8, 4) is 11.4 Å². The fourth-order valence-electron chi connectivity index (χ4n) is 2.57. The van der Waals surface area contributed by atoms with E-state index in [1.807, 2.05) is 0 Å². The van der Waals surface area contributed by atoms with Crippen LogP contribution in [0.4, 0.5) is 0 Å². The summed E-state index contributed by atoms with van der Waals surface area (Å²) in [5, 5.41) is 24.6. The van der Waals surface area contributed by atoms with Crippen molar-refractivity contribution in [2.24, 2.45) is 0 Å². The van der Waals surface area contributed by atoms with Crippen LogP contribution in [0.25, 0.3) is 11.4 Å². The first-order valence-corrected chi connectivity index (χ1v) is 9.18. The van der Waals surface area contributed by atoms with Gasteiger partial charge in [-0.2, -0.15) is 16.6 Å². The van der Waals surface area contributed by atoms with E-state index in [9.17, 15) is 14.7 Å². The molecule has 25 heavy (non-hydrogen) atoms. The van der Waals surface area contributed by atoms with Gasteiger partial charge in [-0.3, -0.25) is 4.79 Å². The van der Waals surface area contributed by atoms with Crippen LogP contribution in [0.1, 0.15) is 12.8 Å². The largest absolute Gasteiger partial charge is 0.480 e. The maximum Gasteiger partial charge on any atom is 0.329 e. The normalized spacial score (nSPS) is 16.4. The number of benzene rings is 1. The number of carboxylic acids is 1. The third-order valence-electron chi connectivity index (χ3n) is 3.97. The smallest absolute Gasteiger partial charge is 0.329 e. The van der Waals surface area contributed by atoms with E-state index in [1.165, 1.54) is 0 Å². The fraction of sp³-hybridized carbons (Fsp3) is 0.400. The van der Waals surface area contributed by atoms with Crippen LogP contribution in [-0.4, -0.2) is 54.2 Å². The molecule has 0 spiro atoms. The zero-order chi connectivity index (χ0) is 17.9. The molecule has 1 amide bonds. The molecule has 1 aromatic carbocycles. The van der Waals surface area contributed by atoms with Gasteiger partial charge in [-0.25, -0.2) is 4.79 Å². The number of amides is 1. The van der Waals surface area contributed by atoms with E-state index in [1.54, 1.807) is 36.0 Å². The van der Waals surface area contributed by atoms with Crippen molar-refractivity contribution in [1.29, 1.82) is 0 Å². The van der Waals surface area contributed by atoms with Crippen molar-refractivity contribution in [3.63, 3.8) is 0 Å². The van der Waals surface area contributed by atoms with E-state index in [4.69, 9.17) is 11.6 Å². The number of halogens is 1. The lowest BCUT2D eigenvalue weighted by atomic mass is 9.92. The highest BCUT2D eigenvalue weighted by Crippen LogP contribution is 2.27. The molecule has 0 atom stereocenters. The van der Waals surface area contributed by atoms with Gasteiger partial charge in [0.05, 0.1) is 0 Å². The Morgan fingerprint density at radius 2 is 1.96 bits per heavy atom. The molecule has 0 aliphatic carbocycles. The highest BCUT2D eigenvalue weighted by atomic mass is 35.5. The van der Waals surface area contributed by atoms with Crippen LogP contribution in [0.15, 0.2) is 24.3 Å². The Morgan fingerprint density at radius 1 is 1.28 bits per heavy atom. The van der Waals surface area contributed by atoms with Crippen molar-refractivity contribution in [2.45, 2.75) is 24.9 Å². The summed E-state index contributed by atoms with van der Waals surface area (Å²) in [7, 11) is 0. The van der Waals surface area contributed by atoms with E-state index in [0.717, 1.165) is 10.4 Å². The van der Waals surface area contributed by atoms with Gasteiger partial charge in [0.2, 0.25) is 11.7 Å². The maximum atomic E-state index is 12.3. The number of aliphatic carboxylic acids is 1. The number of thioether (sulfide) groups is 1. The molecule has 0 saturated carbocycles. The number of carbonyl (C=O) groups is 2. The summed E-state index contributed by atoms with van der Waals surface area (Å²) in [6, 6.07) is 6.93. The van der Waals surface area contributed by atoms with Gasteiger partial charge in [0.15, 0.2) is 0 Å². The Labute approximate surface area is 152 Å². The molecule has 0 unspecified atom stereocenters. The fourth-order valence-corrected chi connectivity index (χ4v) is 3.89. The first-order valence-electron chi connectivity index (χ1n) is 7.64. The van der Waals surface area contributed by atoms with Crippen LogP contribution in [0.2, 0.25) is 5.02 Å².